The molecule has 116 valence electrons. The van der Waals surface area contributed by atoms with E-state index in [-0.39, 0.29) is 5.41 Å². The Kier molecular flexibility index (Phi) is 4.06. The number of rotatable bonds is 5. The molecule has 2 aromatic rings. The average Bonchev–Trinajstić information content (AvgIpc) is 2.47. The first-order valence-corrected chi connectivity index (χ1v) is 9.12. The summed E-state index contributed by atoms with van der Waals surface area (Å²) < 4.78 is 27.7. The van der Waals surface area contributed by atoms with Crippen LogP contribution < -0.4 is 4.72 Å². The normalized spacial score (nSPS) is 17.0. The Morgan fingerprint density at radius 2 is 1.64 bits per heavy atom. The van der Waals surface area contributed by atoms with Crippen LogP contribution in [0.5, 0.6) is 0 Å². The van der Waals surface area contributed by atoms with Crippen LogP contribution in [0.1, 0.15) is 30.4 Å². The van der Waals surface area contributed by atoms with Crippen LogP contribution in [0.3, 0.4) is 0 Å². The molecule has 0 amide bonds. The molecule has 1 N–H and O–H groups in total. The lowest BCUT2D eigenvalue weighted by molar-refractivity contribution is 0.245. The third-order valence-electron chi connectivity index (χ3n) is 4.63. The van der Waals surface area contributed by atoms with Crippen LogP contribution in [0, 0.1) is 6.92 Å². The molecular weight excluding hydrogens is 294 g/mol. The van der Waals surface area contributed by atoms with Crippen molar-refractivity contribution in [3.8, 4) is 0 Å². The van der Waals surface area contributed by atoms with Gasteiger partial charge in [-0.2, -0.15) is 0 Å². The van der Waals surface area contributed by atoms with Crippen LogP contribution in [0.15, 0.2) is 59.5 Å². The molecule has 0 saturated heterocycles. The molecule has 0 unspecified atom stereocenters. The first-order chi connectivity index (χ1) is 10.5. The highest BCUT2D eigenvalue weighted by atomic mass is 32.2. The maximum Gasteiger partial charge on any atom is 0.240 e. The highest BCUT2D eigenvalue weighted by Crippen LogP contribution is 2.43. The topological polar surface area (TPSA) is 46.2 Å². The summed E-state index contributed by atoms with van der Waals surface area (Å²) in [5.41, 5.74) is 2.24. The second-order valence-electron chi connectivity index (χ2n) is 6.14. The predicted octanol–water partition coefficient (Wildman–Crippen LogP) is 3.40. The lowest BCUT2D eigenvalue weighted by Crippen LogP contribution is -2.45. The van der Waals surface area contributed by atoms with Gasteiger partial charge in [-0.25, -0.2) is 13.1 Å². The summed E-state index contributed by atoms with van der Waals surface area (Å²) in [6, 6.07) is 17.2. The first-order valence-electron chi connectivity index (χ1n) is 7.64. The lowest BCUT2D eigenvalue weighted by Gasteiger charge is -2.42. The van der Waals surface area contributed by atoms with Gasteiger partial charge in [0.1, 0.15) is 0 Å². The Bertz CT molecular complexity index is 732. The van der Waals surface area contributed by atoms with Crippen LogP contribution >= 0.6 is 0 Å². The minimum Gasteiger partial charge on any atom is -0.210 e. The Labute approximate surface area is 132 Å². The van der Waals surface area contributed by atoms with Gasteiger partial charge in [-0.15, -0.1) is 0 Å². The Morgan fingerprint density at radius 1 is 1.00 bits per heavy atom. The molecular formula is C18H21NO2S. The SMILES string of the molecule is Cc1ccc(S(=O)(=O)NCC2(c3ccccc3)CCC2)cc1. The maximum absolute atomic E-state index is 12.5. The quantitative estimate of drug-likeness (QED) is 0.919. The van der Waals surface area contributed by atoms with Crippen molar-refractivity contribution in [1.29, 1.82) is 0 Å². The molecule has 0 aromatic heterocycles. The maximum atomic E-state index is 12.5. The number of benzene rings is 2. The van der Waals surface area contributed by atoms with Crippen LogP contribution in [-0.4, -0.2) is 15.0 Å². The third kappa shape index (κ3) is 2.94. The van der Waals surface area contributed by atoms with Crippen LogP contribution in [0.25, 0.3) is 0 Å². The van der Waals surface area contributed by atoms with Crippen molar-refractivity contribution in [2.75, 3.05) is 6.54 Å². The summed E-state index contributed by atoms with van der Waals surface area (Å²) in [6.07, 6.45) is 3.22. The monoisotopic (exact) mass is 315 g/mol. The van der Waals surface area contributed by atoms with Crippen LogP contribution in [0.2, 0.25) is 0 Å². The lowest BCUT2D eigenvalue weighted by atomic mass is 9.64. The standard InChI is InChI=1S/C18H21NO2S/c1-15-8-10-17(11-9-15)22(20,21)19-14-18(12-5-13-18)16-6-3-2-4-7-16/h2-4,6-11,19H,5,12-14H2,1H3. The minimum absolute atomic E-state index is 0.0426. The average molecular weight is 315 g/mol. The van der Waals surface area contributed by atoms with Crippen LogP contribution in [0.4, 0.5) is 0 Å². The Hall–Kier alpha value is -1.65. The largest absolute Gasteiger partial charge is 0.240 e. The van der Waals surface area contributed by atoms with E-state index in [1.165, 1.54) is 5.56 Å². The summed E-state index contributed by atoms with van der Waals surface area (Å²) in [5, 5.41) is 0. The van der Waals surface area contributed by atoms with Gasteiger partial charge < -0.3 is 0 Å². The molecule has 1 fully saturated rings. The number of aryl methyl sites for hydroxylation is 1. The van der Waals surface area contributed by atoms with Gasteiger partial charge in [-0.3, -0.25) is 0 Å². The molecule has 2 aromatic carbocycles. The van der Waals surface area contributed by atoms with Gasteiger partial charge in [0, 0.05) is 12.0 Å². The summed E-state index contributed by atoms with van der Waals surface area (Å²) in [5.74, 6) is 0. The van der Waals surface area contributed by atoms with E-state index < -0.39 is 10.0 Å². The molecule has 22 heavy (non-hydrogen) atoms. The number of sulfonamides is 1. The summed E-state index contributed by atoms with van der Waals surface area (Å²) in [4.78, 5) is 0.334. The number of hydrogen-bond acceptors (Lipinski definition) is 2. The molecule has 1 saturated carbocycles. The molecule has 0 aliphatic heterocycles. The van der Waals surface area contributed by atoms with Gasteiger partial charge in [-0.1, -0.05) is 54.4 Å². The van der Waals surface area contributed by atoms with E-state index in [1.807, 2.05) is 37.3 Å². The zero-order chi connectivity index (χ0) is 15.6. The van der Waals surface area contributed by atoms with Gasteiger partial charge in [0.25, 0.3) is 0 Å². The van der Waals surface area contributed by atoms with Crippen molar-refractivity contribution < 1.29 is 8.42 Å². The highest BCUT2D eigenvalue weighted by molar-refractivity contribution is 7.89. The molecule has 0 radical (unpaired) electrons. The van der Waals surface area contributed by atoms with Crippen molar-refractivity contribution in [2.24, 2.45) is 0 Å². The van der Waals surface area contributed by atoms with Gasteiger partial charge in [-0.05, 0) is 37.5 Å². The first kappa shape index (κ1) is 15.3. The zero-order valence-electron chi connectivity index (χ0n) is 12.7. The van der Waals surface area contributed by atoms with Gasteiger partial charge in [0.15, 0.2) is 0 Å². The Balaban J connectivity index is 1.77. The van der Waals surface area contributed by atoms with E-state index in [2.05, 4.69) is 16.9 Å². The van der Waals surface area contributed by atoms with E-state index in [0.29, 0.717) is 11.4 Å². The second-order valence-corrected chi connectivity index (χ2v) is 7.90. The summed E-state index contributed by atoms with van der Waals surface area (Å²) >= 11 is 0. The van der Waals surface area contributed by atoms with Gasteiger partial charge >= 0.3 is 0 Å². The zero-order valence-corrected chi connectivity index (χ0v) is 13.6. The third-order valence-corrected chi connectivity index (χ3v) is 6.05. The summed E-state index contributed by atoms with van der Waals surface area (Å²) in [7, 11) is -3.44. The predicted molar refractivity (Wildman–Crippen MR) is 88.3 cm³/mol. The molecule has 0 bridgehead atoms. The fourth-order valence-electron chi connectivity index (χ4n) is 3.00. The van der Waals surface area contributed by atoms with Crippen molar-refractivity contribution in [1.82, 2.24) is 4.72 Å². The number of nitrogens with one attached hydrogen (secondary N) is 1. The van der Waals surface area contributed by atoms with Crippen molar-refractivity contribution in [2.45, 2.75) is 36.5 Å². The molecule has 4 heteroatoms. The minimum atomic E-state index is -3.44. The van der Waals surface area contributed by atoms with E-state index in [0.717, 1.165) is 24.8 Å². The van der Waals surface area contributed by atoms with Gasteiger partial charge in [0.2, 0.25) is 10.0 Å². The molecule has 0 heterocycles. The van der Waals surface area contributed by atoms with E-state index in [4.69, 9.17) is 0 Å². The van der Waals surface area contributed by atoms with E-state index in [9.17, 15) is 8.42 Å². The van der Waals surface area contributed by atoms with Crippen molar-refractivity contribution >= 4 is 10.0 Å². The van der Waals surface area contributed by atoms with Crippen molar-refractivity contribution in [3.63, 3.8) is 0 Å². The smallest absolute Gasteiger partial charge is 0.210 e. The molecule has 1 aliphatic rings. The molecule has 3 rings (SSSR count). The van der Waals surface area contributed by atoms with Crippen molar-refractivity contribution in [3.05, 3.63) is 65.7 Å². The fourth-order valence-corrected chi connectivity index (χ4v) is 4.12. The molecule has 0 atom stereocenters. The second kappa shape index (κ2) is 5.86. The molecule has 1 aliphatic carbocycles. The van der Waals surface area contributed by atoms with Crippen LogP contribution in [-0.2, 0) is 15.4 Å². The Morgan fingerprint density at radius 3 is 2.18 bits per heavy atom. The number of hydrogen-bond donors (Lipinski definition) is 1. The molecule has 0 spiro atoms. The summed E-state index contributed by atoms with van der Waals surface area (Å²) in [6.45, 7) is 2.41. The fraction of sp³-hybridized carbons (Fsp3) is 0.333. The van der Waals surface area contributed by atoms with Gasteiger partial charge in [0.05, 0.1) is 4.90 Å². The van der Waals surface area contributed by atoms with E-state index in [1.54, 1.807) is 12.1 Å². The van der Waals surface area contributed by atoms with E-state index >= 15 is 0 Å². The highest BCUT2D eigenvalue weighted by Gasteiger charge is 2.39. The molecule has 3 nitrogen and oxygen atoms in total.